The lowest BCUT2D eigenvalue weighted by molar-refractivity contribution is -0.0721. The van der Waals surface area contributed by atoms with Crippen LogP contribution in [0.4, 0.5) is 4.39 Å². The van der Waals surface area contributed by atoms with Crippen LogP contribution in [0, 0.1) is 5.82 Å². The van der Waals surface area contributed by atoms with Gasteiger partial charge in [0.1, 0.15) is 5.82 Å². The first-order chi connectivity index (χ1) is 15.0. The van der Waals surface area contributed by atoms with E-state index in [0.717, 1.165) is 63.6 Å². The third-order valence-electron chi connectivity index (χ3n) is 5.88. The van der Waals surface area contributed by atoms with Crippen LogP contribution in [-0.2, 0) is 22.6 Å². The molecule has 0 aromatic heterocycles. The standard InChI is InChI=1S/C24H39FN4O2.HI/c1-4-26-24(27-16-19-8-9-23(25)20(15-19)17-28(2)3)29-12-10-21(11-13-29)31-18-22-7-5-6-14-30-22;/h8-9,15,21-22H,4-7,10-14,16-18H2,1-3H3,(H,26,27);1H. The predicted molar refractivity (Wildman–Crippen MR) is 138 cm³/mol. The van der Waals surface area contributed by atoms with Gasteiger partial charge in [-0.15, -0.1) is 24.0 Å². The van der Waals surface area contributed by atoms with Crippen LogP contribution >= 0.6 is 24.0 Å². The maximum atomic E-state index is 14.1. The summed E-state index contributed by atoms with van der Waals surface area (Å²) in [6.45, 7) is 7.49. The van der Waals surface area contributed by atoms with Crippen LogP contribution in [0.5, 0.6) is 0 Å². The van der Waals surface area contributed by atoms with Crippen molar-refractivity contribution in [1.82, 2.24) is 15.1 Å². The molecule has 3 rings (SSSR count). The zero-order valence-electron chi connectivity index (χ0n) is 19.8. The summed E-state index contributed by atoms with van der Waals surface area (Å²) in [5.74, 6) is 0.768. The molecular formula is C24H40FIN4O2. The maximum Gasteiger partial charge on any atom is 0.194 e. The molecular weight excluding hydrogens is 522 g/mol. The van der Waals surface area contributed by atoms with E-state index in [0.29, 0.717) is 24.8 Å². The van der Waals surface area contributed by atoms with Gasteiger partial charge in [-0.1, -0.05) is 6.07 Å². The Morgan fingerprint density at radius 3 is 2.69 bits per heavy atom. The van der Waals surface area contributed by atoms with Crippen molar-refractivity contribution >= 4 is 29.9 Å². The minimum Gasteiger partial charge on any atom is -0.376 e. The van der Waals surface area contributed by atoms with E-state index in [2.05, 4.69) is 17.1 Å². The molecule has 1 atom stereocenters. The second-order valence-electron chi connectivity index (χ2n) is 8.84. The van der Waals surface area contributed by atoms with Crippen LogP contribution in [0.2, 0.25) is 0 Å². The number of benzene rings is 1. The molecule has 0 amide bonds. The normalized spacial score (nSPS) is 20.3. The average Bonchev–Trinajstić information content (AvgIpc) is 2.78. The van der Waals surface area contributed by atoms with Gasteiger partial charge in [-0.25, -0.2) is 9.38 Å². The van der Waals surface area contributed by atoms with E-state index in [-0.39, 0.29) is 35.9 Å². The molecule has 0 spiro atoms. The fourth-order valence-corrected chi connectivity index (χ4v) is 4.20. The Morgan fingerprint density at radius 2 is 2.03 bits per heavy atom. The van der Waals surface area contributed by atoms with Crippen LogP contribution < -0.4 is 5.32 Å². The quantitative estimate of drug-likeness (QED) is 0.295. The first-order valence-corrected chi connectivity index (χ1v) is 11.7. The van der Waals surface area contributed by atoms with Gasteiger partial charge in [-0.2, -0.15) is 0 Å². The smallest absolute Gasteiger partial charge is 0.194 e. The van der Waals surface area contributed by atoms with E-state index in [1.54, 1.807) is 6.07 Å². The van der Waals surface area contributed by atoms with Crippen molar-refractivity contribution in [3.05, 3.63) is 35.1 Å². The molecule has 0 saturated carbocycles. The molecule has 2 saturated heterocycles. The molecule has 182 valence electrons. The third-order valence-corrected chi connectivity index (χ3v) is 5.88. The number of aliphatic imine (C=N–C) groups is 1. The first kappa shape index (κ1) is 27.3. The van der Waals surface area contributed by atoms with Crippen molar-refractivity contribution in [1.29, 1.82) is 0 Å². The molecule has 0 aliphatic carbocycles. The molecule has 2 fully saturated rings. The predicted octanol–water partition coefficient (Wildman–Crippen LogP) is 4.02. The van der Waals surface area contributed by atoms with Crippen molar-refractivity contribution in [2.45, 2.75) is 64.3 Å². The number of nitrogens with zero attached hydrogens (tertiary/aromatic N) is 3. The fourth-order valence-electron chi connectivity index (χ4n) is 4.20. The van der Waals surface area contributed by atoms with Crippen LogP contribution in [-0.4, -0.2) is 74.9 Å². The molecule has 0 bridgehead atoms. The Labute approximate surface area is 209 Å². The summed E-state index contributed by atoms with van der Waals surface area (Å²) in [5, 5.41) is 3.41. The largest absolute Gasteiger partial charge is 0.376 e. The number of hydrogen-bond acceptors (Lipinski definition) is 4. The van der Waals surface area contributed by atoms with Gasteiger partial charge in [0.05, 0.1) is 25.4 Å². The van der Waals surface area contributed by atoms with Gasteiger partial charge in [0.15, 0.2) is 5.96 Å². The summed E-state index contributed by atoms with van der Waals surface area (Å²) in [4.78, 5) is 9.12. The summed E-state index contributed by atoms with van der Waals surface area (Å²) in [7, 11) is 3.89. The average molecular weight is 563 g/mol. The number of hydrogen-bond donors (Lipinski definition) is 1. The number of piperidine rings is 1. The molecule has 2 aliphatic heterocycles. The van der Waals surface area contributed by atoms with Crippen molar-refractivity contribution in [2.75, 3.05) is 46.9 Å². The monoisotopic (exact) mass is 562 g/mol. The Bertz CT molecular complexity index is 705. The van der Waals surface area contributed by atoms with Crippen molar-refractivity contribution < 1.29 is 13.9 Å². The summed E-state index contributed by atoms with van der Waals surface area (Å²) in [6, 6.07) is 5.31. The van der Waals surface area contributed by atoms with Crippen LogP contribution in [0.3, 0.4) is 0 Å². The Kier molecular flexibility index (Phi) is 12.2. The van der Waals surface area contributed by atoms with Gasteiger partial charge in [0.2, 0.25) is 0 Å². The van der Waals surface area contributed by atoms with Crippen LogP contribution in [0.1, 0.15) is 50.2 Å². The Hall–Kier alpha value is -0.970. The van der Waals surface area contributed by atoms with E-state index >= 15 is 0 Å². The Balaban J connectivity index is 0.00000363. The summed E-state index contributed by atoms with van der Waals surface area (Å²) >= 11 is 0. The topological polar surface area (TPSA) is 49.3 Å². The summed E-state index contributed by atoms with van der Waals surface area (Å²) in [6.07, 6.45) is 6.13. The molecule has 1 N–H and O–H groups in total. The van der Waals surface area contributed by atoms with Gasteiger partial charge < -0.3 is 24.6 Å². The molecule has 8 heteroatoms. The highest BCUT2D eigenvalue weighted by molar-refractivity contribution is 14.0. The minimum atomic E-state index is -0.158. The van der Waals surface area contributed by atoms with E-state index in [1.165, 1.54) is 12.8 Å². The molecule has 2 heterocycles. The van der Waals surface area contributed by atoms with E-state index in [4.69, 9.17) is 14.5 Å². The number of likely N-dealkylation sites (tertiary alicyclic amines) is 1. The second kappa shape index (κ2) is 14.3. The van der Waals surface area contributed by atoms with Crippen molar-refractivity contribution in [3.63, 3.8) is 0 Å². The number of nitrogens with one attached hydrogen (secondary N) is 1. The number of guanidine groups is 1. The van der Waals surface area contributed by atoms with Gasteiger partial charge in [0, 0.05) is 38.3 Å². The zero-order valence-corrected chi connectivity index (χ0v) is 22.1. The number of halogens is 2. The molecule has 0 radical (unpaired) electrons. The SMILES string of the molecule is CCNC(=NCc1ccc(F)c(CN(C)C)c1)N1CCC(OCC2CCCCO2)CC1.I. The third kappa shape index (κ3) is 8.76. The number of rotatable bonds is 8. The highest BCUT2D eigenvalue weighted by Crippen LogP contribution is 2.18. The summed E-state index contributed by atoms with van der Waals surface area (Å²) in [5.41, 5.74) is 1.74. The van der Waals surface area contributed by atoms with Gasteiger partial charge in [-0.3, -0.25) is 0 Å². The molecule has 1 aromatic rings. The van der Waals surface area contributed by atoms with Crippen LogP contribution in [0.15, 0.2) is 23.2 Å². The Morgan fingerprint density at radius 1 is 1.25 bits per heavy atom. The highest BCUT2D eigenvalue weighted by atomic mass is 127. The fraction of sp³-hybridized carbons (Fsp3) is 0.708. The van der Waals surface area contributed by atoms with Crippen LogP contribution in [0.25, 0.3) is 0 Å². The van der Waals surface area contributed by atoms with E-state index < -0.39 is 0 Å². The van der Waals surface area contributed by atoms with Crippen molar-refractivity contribution in [3.8, 4) is 0 Å². The maximum absolute atomic E-state index is 14.1. The van der Waals surface area contributed by atoms with Gasteiger partial charge >= 0.3 is 0 Å². The lowest BCUT2D eigenvalue weighted by atomic mass is 10.1. The van der Waals surface area contributed by atoms with Gasteiger partial charge in [0.25, 0.3) is 0 Å². The lowest BCUT2D eigenvalue weighted by Gasteiger charge is -2.35. The minimum absolute atomic E-state index is 0. The van der Waals surface area contributed by atoms with Crippen molar-refractivity contribution in [2.24, 2.45) is 4.99 Å². The molecule has 6 nitrogen and oxygen atoms in total. The van der Waals surface area contributed by atoms with E-state index in [9.17, 15) is 4.39 Å². The number of ether oxygens (including phenoxy) is 2. The summed E-state index contributed by atoms with van der Waals surface area (Å²) < 4.78 is 26.0. The molecule has 2 aliphatic rings. The molecule has 1 aromatic carbocycles. The highest BCUT2D eigenvalue weighted by Gasteiger charge is 2.23. The van der Waals surface area contributed by atoms with E-state index in [1.807, 2.05) is 31.1 Å². The zero-order chi connectivity index (χ0) is 22.1. The van der Waals surface area contributed by atoms with Gasteiger partial charge in [-0.05, 0) is 70.8 Å². The molecule has 32 heavy (non-hydrogen) atoms. The second-order valence-corrected chi connectivity index (χ2v) is 8.84. The lowest BCUT2D eigenvalue weighted by Crippen LogP contribution is -2.47. The molecule has 1 unspecified atom stereocenters. The first-order valence-electron chi connectivity index (χ1n) is 11.7.